The van der Waals surface area contributed by atoms with E-state index < -0.39 is 9.05 Å². The molecule has 5 heteroatoms. The first-order chi connectivity index (χ1) is 8.81. The normalized spacial score (nSPS) is 13.5. The average Bonchev–Trinajstić information content (AvgIpc) is 2.33. The highest BCUT2D eigenvalue weighted by molar-refractivity contribution is 8.13. The van der Waals surface area contributed by atoms with E-state index in [9.17, 15) is 8.42 Å². The van der Waals surface area contributed by atoms with E-state index in [1.807, 2.05) is 31.2 Å². The molecule has 0 N–H and O–H groups in total. The van der Waals surface area contributed by atoms with Crippen molar-refractivity contribution >= 4 is 19.7 Å². The maximum Gasteiger partial charge on any atom is 0.232 e. The summed E-state index contributed by atoms with van der Waals surface area (Å²) in [6.07, 6.45) is 0.718. The molecule has 0 aliphatic rings. The van der Waals surface area contributed by atoms with Crippen LogP contribution in [0, 0.1) is 5.92 Å². The van der Waals surface area contributed by atoms with Crippen molar-refractivity contribution in [1.82, 2.24) is 0 Å². The molecule has 0 amide bonds. The van der Waals surface area contributed by atoms with Crippen molar-refractivity contribution in [3.63, 3.8) is 0 Å². The molecular weight excluding hydrogens is 284 g/mol. The third-order valence-corrected chi connectivity index (χ3v) is 4.29. The van der Waals surface area contributed by atoms with Crippen LogP contribution in [-0.2, 0) is 9.05 Å². The fraction of sp³-hybridized carbons (Fsp3) is 0.571. The Bertz CT molecular complexity index is 480. The highest BCUT2D eigenvalue weighted by Crippen LogP contribution is 2.20. The zero-order valence-corrected chi connectivity index (χ0v) is 13.2. The fourth-order valence-corrected chi connectivity index (χ4v) is 3.16. The molecule has 0 bridgehead atoms. The minimum Gasteiger partial charge on any atom is -0.493 e. The molecule has 0 aromatic heterocycles. The molecule has 0 aliphatic carbocycles. The second-order valence-corrected chi connectivity index (χ2v) is 7.84. The Morgan fingerprint density at radius 3 is 2.21 bits per heavy atom. The van der Waals surface area contributed by atoms with Crippen molar-refractivity contribution in [2.24, 2.45) is 5.92 Å². The van der Waals surface area contributed by atoms with E-state index in [0.717, 1.165) is 12.2 Å². The summed E-state index contributed by atoms with van der Waals surface area (Å²) in [5, 5.41) is 0. The van der Waals surface area contributed by atoms with E-state index in [2.05, 4.69) is 13.8 Å². The smallest absolute Gasteiger partial charge is 0.232 e. The van der Waals surface area contributed by atoms with Gasteiger partial charge in [0.25, 0.3) is 0 Å². The molecule has 1 rings (SSSR count). The largest absolute Gasteiger partial charge is 0.493 e. The standard InChI is InChI=1S/C14H21ClO3S/c1-4-12(10-19(15,16)17)9-18-14-7-5-13(6-8-14)11(2)3/h5-8,11-12H,4,9-10H2,1-3H3. The first-order valence-electron chi connectivity index (χ1n) is 6.47. The van der Waals surface area contributed by atoms with Gasteiger partial charge in [-0.1, -0.05) is 32.9 Å². The quantitative estimate of drug-likeness (QED) is 0.720. The molecule has 1 aromatic rings. The van der Waals surface area contributed by atoms with Crippen LogP contribution in [-0.4, -0.2) is 20.8 Å². The van der Waals surface area contributed by atoms with E-state index in [0.29, 0.717) is 12.5 Å². The Labute approximate surface area is 120 Å². The number of rotatable bonds is 7. The molecule has 0 saturated carbocycles. The van der Waals surface area contributed by atoms with Gasteiger partial charge >= 0.3 is 0 Å². The Balaban J connectivity index is 2.55. The monoisotopic (exact) mass is 304 g/mol. The molecule has 0 radical (unpaired) electrons. The molecule has 1 atom stereocenters. The Morgan fingerprint density at radius 1 is 1.21 bits per heavy atom. The van der Waals surface area contributed by atoms with Gasteiger partial charge in [-0.15, -0.1) is 0 Å². The predicted octanol–water partition coefficient (Wildman–Crippen LogP) is 3.78. The van der Waals surface area contributed by atoms with E-state index >= 15 is 0 Å². The second-order valence-electron chi connectivity index (χ2n) is 5.01. The lowest BCUT2D eigenvalue weighted by Crippen LogP contribution is -2.19. The molecule has 3 nitrogen and oxygen atoms in total. The molecule has 0 fully saturated rings. The van der Waals surface area contributed by atoms with Crippen molar-refractivity contribution in [2.45, 2.75) is 33.1 Å². The molecule has 0 heterocycles. The van der Waals surface area contributed by atoms with Gasteiger partial charge in [-0.25, -0.2) is 8.42 Å². The maximum atomic E-state index is 11.0. The van der Waals surface area contributed by atoms with Crippen molar-refractivity contribution < 1.29 is 13.2 Å². The third-order valence-electron chi connectivity index (χ3n) is 3.04. The van der Waals surface area contributed by atoms with Crippen molar-refractivity contribution in [1.29, 1.82) is 0 Å². The van der Waals surface area contributed by atoms with Crippen LogP contribution in [0.25, 0.3) is 0 Å². The zero-order chi connectivity index (χ0) is 14.5. The fourth-order valence-electron chi connectivity index (χ4n) is 1.73. The van der Waals surface area contributed by atoms with Crippen molar-refractivity contribution in [3.8, 4) is 5.75 Å². The van der Waals surface area contributed by atoms with Gasteiger partial charge < -0.3 is 4.74 Å². The third kappa shape index (κ3) is 6.30. The number of hydrogen-bond acceptors (Lipinski definition) is 3. The van der Waals surface area contributed by atoms with Crippen LogP contribution in [0.2, 0.25) is 0 Å². The predicted molar refractivity (Wildman–Crippen MR) is 79.4 cm³/mol. The van der Waals surface area contributed by atoms with E-state index in [-0.39, 0.29) is 11.7 Å². The molecule has 0 aliphatic heterocycles. The van der Waals surface area contributed by atoms with Gasteiger partial charge in [-0.05, 0) is 30.0 Å². The van der Waals surface area contributed by atoms with Crippen LogP contribution >= 0.6 is 10.7 Å². The minimum atomic E-state index is -3.47. The lowest BCUT2D eigenvalue weighted by atomic mass is 10.0. The Hall–Kier alpha value is -0.740. The topological polar surface area (TPSA) is 43.4 Å². The summed E-state index contributed by atoms with van der Waals surface area (Å²) in [5.74, 6) is 1.12. The summed E-state index contributed by atoms with van der Waals surface area (Å²) in [5.41, 5.74) is 1.25. The summed E-state index contributed by atoms with van der Waals surface area (Å²) < 4.78 is 27.7. The Kier molecular flexibility index (Phi) is 6.14. The van der Waals surface area contributed by atoms with Crippen molar-refractivity contribution in [2.75, 3.05) is 12.4 Å². The molecule has 1 aromatic carbocycles. The number of benzene rings is 1. The molecule has 19 heavy (non-hydrogen) atoms. The second kappa shape index (κ2) is 7.15. The first kappa shape index (κ1) is 16.3. The van der Waals surface area contributed by atoms with Crippen molar-refractivity contribution in [3.05, 3.63) is 29.8 Å². The zero-order valence-electron chi connectivity index (χ0n) is 11.6. The van der Waals surface area contributed by atoms with Gasteiger partial charge in [0.15, 0.2) is 0 Å². The maximum absolute atomic E-state index is 11.0. The van der Waals surface area contributed by atoms with Gasteiger partial charge in [-0.2, -0.15) is 0 Å². The SMILES string of the molecule is CCC(COc1ccc(C(C)C)cc1)CS(=O)(=O)Cl. The molecular formula is C14H21ClO3S. The number of ether oxygens (including phenoxy) is 1. The van der Waals surface area contributed by atoms with E-state index in [4.69, 9.17) is 15.4 Å². The van der Waals surface area contributed by atoms with Crippen LogP contribution < -0.4 is 4.74 Å². The van der Waals surface area contributed by atoms with Crippen LogP contribution in [0.1, 0.15) is 38.7 Å². The average molecular weight is 305 g/mol. The molecule has 0 spiro atoms. The lowest BCUT2D eigenvalue weighted by Gasteiger charge is -2.15. The van der Waals surface area contributed by atoms with Crippen LogP contribution in [0.15, 0.2) is 24.3 Å². The van der Waals surface area contributed by atoms with Gasteiger partial charge in [0.2, 0.25) is 9.05 Å². The summed E-state index contributed by atoms with van der Waals surface area (Å²) in [7, 11) is 1.80. The van der Waals surface area contributed by atoms with Crippen LogP contribution in [0.3, 0.4) is 0 Å². The summed E-state index contributed by atoms with van der Waals surface area (Å²) >= 11 is 0. The van der Waals surface area contributed by atoms with E-state index in [1.165, 1.54) is 5.56 Å². The van der Waals surface area contributed by atoms with Gasteiger partial charge in [0.1, 0.15) is 5.75 Å². The lowest BCUT2D eigenvalue weighted by molar-refractivity contribution is 0.258. The highest BCUT2D eigenvalue weighted by atomic mass is 35.7. The van der Waals surface area contributed by atoms with Gasteiger partial charge in [0.05, 0.1) is 12.4 Å². The Morgan fingerprint density at radius 2 is 1.79 bits per heavy atom. The van der Waals surface area contributed by atoms with Crippen LogP contribution in [0.4, 0.5) is 0 Å². The first-order valence-corrected chi connectivity index (χ1v) is 8.94. The van der Waals surface area contributed by atoms with Gasteiger partial charge in [0, 0.05) is 16.6 Å². The summed E-state index contributed by atoms with van der Waals surface area (Å²) in [6.45, 7) is 6.56. The number of hydrogen-bond donors (Lipinski definition) is 0. The number of halogens is 1. The molecule has 0 saturated heterocycles. The molecule has 108 valence electrons. The van der Waals surface area contributed by atoms with Gasteiger partial charge in [-0.3, -0.25) is 0 Å². The molecule has 1 unspecified atom stereocenters. The van der Waals surface area contributed by atoms with Crippen LogP contribution in [0.5, 0.6) is 5.75 Å². The summed E-state index contributed by atoms with van der Waals surface area (Å²) in [6, 6.07) is 7.88. The minimum absolute atomic E-state index is 0.0465. The highest BCUT2D eigenvalue weighted by Gasteiger charge is 2.16. The van der Waals surface area contributed by atoms with E-state index in [1.54, 1.807) is 0 Å². The summed E-state index contributed by atoms with van der Waals surface area (Å²) in [4.78, 5) is 0.